The van der Waals surface area contributed by atoms with Crippen LogP contribution in [0.25, 0.3) is 0 Å². The molecule has 0 amide bonds. The molecule has 2 aromatic carbocycles. The fourth-order valence-electron chi connectivity index (χ4n) is 2.43. The fourth-order valence-corrected chi connectivity index (χ4v) is 5.39. The fraction of sp³-hybridized carbons (Fsp3) is 0.400. The molecular weight excluding hydrogens is 422 g/mol. The van der Waals surface area contributed by atoms with Crippen molar-refractivity contribution >= 4 is 13.5 Å². The van der Waals surface area contributed by atoms with Gasteiger partial charge in [0.1, 0.15) is 0 Å². The predicted octanol–water partition coefficient (Wildman–Crippen LogP) is 2.17. The Morgan fingerprint density at radius 3 is 1.88 bits per heavy atom. The van der Waals surface area contributed by atoms with Crippen molar-refractivity contribution < 1.29 is 45.1 Å². The molecule has 4 nitrogen and oxygen atoms in total. The molecule has 0 spiro atoms. The van der Waals surface area contributed by atoms with Gasteiger partial charge < -0.3 is 0 Å². The summed E-state index contributed by atoms with van der Waals surface area (Å²) < 4.78 is 27.2. The number of rotatable bonds is 10. The van der Waals surface area contributed by atoms with Crippen LogP contribution in [0.5, 0.6) is 0 Å². The summed E-state index contributed by atoms with van der Waals surface area (Å²) in [5.74, 6) is 0. The summed E-state index contributed by atoms with van der Waals surface area (Å²) in [6, 6.07) is 12.2. The van der Waals surface area contributed by atoms with Crippen LogP contribution in [0.3, 0.4) is 0 Å². The molecule has 2 rings (SSSR count). The molecule has 0 aliphatic rings. The Bertz CT molecular complexity index is 735. The molecule has 26 heavy (non-hydrogen) atoms. The van der Waals surface area contributed by atoms with Gasteiger partial charge in [-0.25, -0.2) is 0 Å². The van der Waals surface area contributed by atoms with Crippen molar-refractivity contribution in [3.8, 4) is 0 Å². The molecule has 2 N–H and O–H groups in total. The standard InChI is InChI=1S/C8H9O2.C6H4.C6H13.2Co.2O/c9-5-7-2-1-3-8(4-7)6-10;1-2-4-6-5-3-1;1-3-5-6-4-2;;;;/h2-4,9-10H,5-6H2;1-2,5-6H;1,3-6H2,2H3;;;;. The first-order chi connectivity index (χ1) is 12.6. The first-order valence-electron chi connectivity index (χ1n) is 8.61. The van der Waals surface area contributed by atoms with E-state index in [0.29, 0.717) is 25.5 Å². The quantitative estimate of drug-likeness (QED) is 0.547. The predicted molar refractivity (Wildman–Crippen MR) is 94.0 cm³/mol. The van der Waals surface area contributed by atoms with Crippen molar-refractivity contribution in [1.82, 2.24) is 0 Å². The zero-order valence-electron chi connectivity index (χ0n) is 14.9. The van der Waals surface area contributed by atoms with E-state index in [2.05, 4.69) is 6.92 Å². The van der Waals surface area contributed by atoms with E-state index < -0.39 is 27.2 Å². The molecular formula is C20H26Co2O4. The van der Waals surface area contributed by atoms with Crippen molar-refractivity contribution in [1.29, 1.82) is 0 Å². The van der Waals surface area contributed by atoms with Gasteiger partial charge in [-0.05, 0) is 0 Å². The van der Waals surface area contributed by atoms with Gasteiger partial charge in [0, 0.05) is 0 Å². The molecule has 0 saturated carbocycles. The maximum absolute atomic E-state index is 12.8. The van der Waals surface area contributed by atoms with E-state index in [1.165, 1.54) is 6.42 Å². The van der Waals surface area contributed by atoms with Crippen molar-refractivity contribution in [3.63, 3.8) is 0 Å². The van der Waals surface area contributed by atoms with E-state index >= 15 is 0 Å². The number of benzene rings is 2. The summed E-state index contributed by atoms with van der Waals surface area (Å²) in [6.45, 7) is 1.82. The molecule has 0 bridgehead atoms. The molecule has 0 heterocycles. The summed E-state index contributed by atoms with van der Waals surface area (Å²) in [6.07, 6.45) is 4.41. The molecule has 0 aliphatic heterocycles. The van der Waals surface area contributed by atoms with E-state index in [1.54, 1.807) is 42.5 Å². The van der Waals surface area contributed by atoms with Crippen LogP contribution in [0, 0.1) is 0 Å². The van der Waals surface area contributed by atoms with Gasteiger partial charge in [0.2, 0.25) is 0 Å². The minimum atomic E-state index is -1.80. The van der Waals surface area contributed by atoms with Gasteiger partial charge in [0.05, 0.1) is 0 Å². The second-order valence-corrected chi connectivity index (χ2v) is 9.76. The summed E-state index contributed by atoms with van der Waals surface area (Å²) in [5, 5.41) is 19.3. The maximum atomic E-state index is 12.8. The van der Waals surface area contributed by atoms with E-state index in [9.17, 15) is 17.9 Å². The Balaban J connectivity index is 2.10. The van der Waals surface area contributed by atoms with E-state index in [-0.39, 0.29) is 13.2 Å². The Hall–Kier alpha value is -1.03. The number of hydrogen-bond acceptors (Lipinski definition) is 4. The minimum absolute atomic E-state index is 0.166. The van der Waals surface area contributed by atoms with Crippen LogP contribution in [0.4, 0.5) is 0 Å². The topological polar surface area (TPSA) is 74.6 Å². The Kier molecular flexibility index (Phi) is 8.97. The number of unbranched alkanes of at least 4 members (excludes halogenated alkanes) is 3. The summed E-state index contributed by atoms with van der Waals surface area (Å²) >= 11 is -3.18. The molecule has 0 aliphatic carbocycles. The van der Waals surface area contributed by atoms with Crippen molar-refractivity contribution in [2.24, 2.45) is 0 Å². The summed E-state index contributed by atoms with van der Waals surface area (Å²) in [7, 11) is 0. The van der Waals surface area contributed by atoms with Crippen molar-refractivity contribution in [2.45, 2.75) is 51.2 Å². The van der Waals surface area contributed by atoms with Gasteiger partial charge in [-0.15, -0.1) is 0 Å². The van der Waals surface area contributed by atoms with Gasteiger partial charge in [-0.1, -0.05) is 0 Å². The third-order valence-electron chi connectivity index (χ3n) is 3.83. The molecule has 0 saturated heterocycles. The van der Waals surface area contributed by atoms with Crippen LogP contribution in [-0.2, 0) is 48.1 Å². The monoisotopic (exact) mass is 448 g/mol. The molecule has 0 fully saturated rings. The third-order valence-corrected chi connectivity index (χ3v) is 7.43. The Morgan fingerprint density at radius 1 is 0.769 bits per heavy atom. The van der Waals surface area contributed by atoms with Crippen LogP contribution in [0.15, 0.2) is 42.5 Å². The zero-order valence-corrected chi connectivity index (χ0v) is 17.0. The molecule has 0 atom stereocenters. The summed E-state index contributed by atoms with van der Waals surface area (Å²) in [4.78, 5) is 0. The summed E-state index contributed by atoms with van der Waals surface area (Å²) in [5.41, 5.74) is 1.25. The number of hydrogen-bond donors (Lipinski definition) is 2. The third kappa shape index (κ3) is 6.01. The van der Waals surface area contributed by atoms with Crippen LogP contribution < -0.4 is 13.5 Å². The average Bonchev–Trinajstić information content (AvgIpc) is 2.70. The van der Waals surface area contributed by atoms with E-state index in [0.717, 1.165) is 23.8 Å². The SMILES string of the molecule is CCCCC[CH2][Co](=[O])[c]1cc[c]([Co](=[O])[c]2cc(CO)cc(CO)c2)cc1. The van der Waals surface area contributed by atoms with Gasteiger partial charge >= 0.3 is 163 Å². The van der Waals surface area contributed by atoms with E-state index in [1.807, 2.05) is 0 Å². The normalized spacial score (nSPS) is 12.1. The molecule has 6 heteroatoms. The Labute approximate surface area is 163 Å². The Morgan fingerprint density at radius 2 is 1.35 bits per heavy atom. The second-order valence-electron chi connectivity index (χ2n) is 5.87. The van der Waals surface area contributed by atoms with Crippen molar-refractivity contribution in [2.75, 3.05) is 0 Å². The number of aliphatic hydroxyl groups excluding tert-OH is 2. The van der Waals surface area contributed by atoms with Crippen LogP contribution in [0.2, 0.25) is 5.36 Å². The number of aliphatic hydroxyl groups is 2. The van der Waals surface area contributed by atoms with Crippen LogP contribution in [0.1, 0.15) is 43.7 Å². The van der Waals surface area contributed by atoms with Gasteiger partial charge in [0.25, 0.3) is 0 Å². The molecule has 2 aromatic rings. The van der Waals surface area contributed by atoms with Crippen LogP contribution >= 0.6 is 0 Å². The first-order valence-corrected chi connectivity index (χ1v) is 11.8. The zero-order chi connectivity index (χ0) is 18.9. The molecule has 148 valence electrons. The second kappa shape index (κ2) is 11.0. The van der Waals surface area contributed by atoms with Gasteiger partial charge in [0.15, 0.2) is 0 Å². The van der Waals surface area contributed by atoms with Gasteiger partial charge in [-0.3, -0.25) is 0 Å². The van der Waals surface area contributed by atoms with E-state index in [4.69, 9.17) is 0 Å². The average molecular weight is 448 g/mol. The molecule has 0 radical (unpaired) electrons. The van der Waals surface area contributed by atoms with Gasteiger partial charge in [-0.2, -0.15) is 0 Å². The van der Waals surface area contributed by atoms with Crippen LogP contribution in [-0.4, -0.2) is 10.2 Å². The van der Waals surface area contributed by atoms with Crippen molar-refractivity contribution in [3.05, 3.63) is 53.6 Å². The first kappa shape index (κ1) is 21.3. The molecule has 0 unspecified atom stereocenters. The molecule has 0 aromatic heterocycles.